The third-order valence-electron chi connectivity index (χ3n) is 2.86. The van der Waals surface area contributed by atoms with Gasteiger partial charge in [0.2, 0.25) is 0 Å². The number of hydrogen-bond acceptors (Lipinski definition) is 1. The lowest BCUT2D eigenvalue weighted by atomic mass is 10.1. The second-order valence-corrected chi connectivity index (χ2v) is 5.34. The summed E-state index contributed by atoms with van der Waals surface area (Å²) in [6, 6.07) is 9.96. The summed E-state index contributed by atoms with van der Waals surface area (Å²) in [5.41, 5.74) is 1.12. The lowest BCUT2D eigenvalue weighted by molar-refractivity contribution is 0.249. The van der Waals surface area contributed by atoms with Gasteiger partial charge in [0, 0.05) is 15.7 Å². The maximum Gasteiger partial charge on any atom is 0.319 e. The van der Waals surface area contributed by atoms with Crippen LogP contribution >= 0.6 is 23.2 Å². The van der Waals surface area contributed by atoms with E-state index < -0.39 is 11.8 Å². The fraction of sp³-hybridized carbons (Fsp3) is 0.133. The van der Waals surface area contributed by atoms with Crippen LogP contribution in [0.4, 0.5) is 14.9 Å². The van der Waals surface area contributed by atoms with Crippen LogP contribution in [0.25, 0.3) is 0 Å². The lowest BCUT2D eigenvalue weighted by Gasteiger charge is -2.16. The van der Waals surface area contributed by atoms with E-state index in [2.05, 4.69) is 10.6 Å². The van der Waals surface area contributed by atoms with E-state index in [9.17, 15) is 9.18 Å². The Hall–Kier alpha value is -1.78. The molecule has 0 saturated carbocycles. The molecule has 0 aliphatic rings. The van der Waals surface area contributed by atoms with Gasteiger partial charge in [-0.3, -0.25) is 0 Å². The number of hydrogen-bond donors (Lipinski definition) is 2. The van der Waals surface area contributed by atoms with Crippen molar-refractivity contribution in [3.8, 4) is 0 Å². The number of rotatable bonds is 3. The maximum absolute atomic E-state index is 13.0. The second kappa shape index (κ2) is 6.78. The smallest absolute Gasteiger partial charge is 0.319 e. The zero-order chi connectivity index (χ0) is 15.4. The highest BCUT2D eigenvalue weighted by atomic mass is 35.5. The van der Waals surface area contributed by atoms with Crippen molar-refractivity contribution in [2.45, 2.75) is 13.0 Å². The summed E-state index contributed by atoms with van der Waals surface area (Å²) < 4.78 is 13.0. The molecule has 0 fully saturated rings. The summed E-state index contributed by atoms with van der Waals surface area (Å²) in [5.74, 6) is -0.415. The van der Waals surface area contributed by atoms with E-state index in [1.54, 1.807) is 31.2 Å². The van der Waals surface area contributed by atoms with Crippen molar-refractivity contribution in [2.75, 3.05) is 5.32 Å². The Morgan fingerprint density at radius 1 is 1.19 bits per heavy atom. The zero-order valence-electron chi connectivity index (χ0n) is 11.2. The number of amides is 2. The van der Waals surface area contributed by atoms with Gasteiger partial charge in [-0.15, -0.1) is 0 Å². The van der Waals surface area contributed by atoms with Crippen molar-refractivity contribution < 1.29 is 9.18 Å². The van der Waals surface area contributed by atoms with Gasteiger partial charge in [-0.2, -0.15) is 0 Å². The van der Waals surface area contributed by atoms with Gasteiger partial charge in [-0.05, 0) is 42.8 Å². The van der Waals surface area contributed by atoms with Gasteiger partial charge >= 0.3 is 6.03 Å². The van der Waals surface area contributed by atoms with Crippen molar-refractivity contribution in [3.05, 3.63) is 63.9 Å². The summed E-state index contributed by atoms with van der Waals surface area (Å²) in [5, 5.41) is 6.28. The van der Waals surface area contributed by atoms with Crippen molar-refractivity contribution in [2.24, 2.45) is 0 Å². The minimum atomic E-state index is -0.445. The van der Waals surface area contributed by atoms with E-state index in [-0.39, 0.29) is 6.04 Å². The van der Waals surface area contributed by atoms with Crippen LogP contribution in [0.5, 0.6) is 0 Å². The number of carbonyl (C=O) groups is 1. The predicted octanol–water partition coefficient (Wildman–Crippen LogP) is 5.02. The molecule has 0 bridgehead atoms. The normalized spacial score (nSPS) is 11.8. The van der Waals surface area contributed by atoms with Crippen LogP contribution in [0.15, 0.2) is 42.5 Å². The highest BCUT2D eigenvalue weighted by Gasteiger charge is 2.13. The standard InChI is InChI=1S/C15H13Cl2FN2O/c1-9(13-6-5-10(16)7-14(13)17)19-15(21)20-12-4-2-3-11(18)8-12/h2-9H,1H3,(H2,19,20,21)/t9-/m0/s1. The molecule has 0 unspecified atom stereocenters. The third kappa shape index (κ3) is 4.34. The molecule has 3 nitrogen and oxygen atoms in total. The van der Waals surface area contributed by atoms with E-state index in [0.29, 0.717) is 15.7 Å². The highest BCUT2D eigenvalue weighted by Crippen LogP contribution is 2.26. The molecular weight excluding hydrogens is 314 g/mol. The molecule has 2 rings (SSSR count). The van der Waals surface area contributed by atoms with E-state index >= 15 is 0 Å². The topological polar surface area (TPSA) is 41.1 Å². The van der Waals surface area contributed by atoms with Crippen LogP contribution in [-0.2, 0) is 0 Å². The van der Waals surface area contributed by atoms with Crippen LogP contribution in [-0.4, -0.2) is 6.03 Å². The molecule has 6 heteroatoms. The molecule has 2 N–H and O–H groups in total. The first-order valence-corrected chi connectivity index (χ1v) is 6.99. The molecule has 0 radical (unpaired) electrons. The van der Waals surface area contributed by atoms with Gasteiger partial charge in [0.05, 0.1) is 6.04 Å². The van der Waals surface area contributed by atoms with Crippen molar-refractivity contribution in [3.63, 3.8) is 0 Å². The number of anilines is 1. The summed E-state index contributed by atoms with van der Waals surface area (Å²) in [4.78, 5) is 11.9. The van der Waals surface area contributed by atoms with Gasteiger partial charge in [-0.1, -0.05) is 35.3 Å². The zero-order valence-corrected chi connectivity index (χ0v) is 12.7. The Bertz CT molecular complexity index is 664. The Morgan fingerprint density at radius 2 is 1.95 bits per heavy atom. The van der Waals surface area contributed by atoms with Gasteiger partial charge in [0.15, 0.2) is 0 Å². The summed E-state index contributed by atoms with van der Waals surface area (Å²) >= 11 is 11.9. The Morgan fingerprint density at radius 3 is 2.62 bits per heavy atom. The predicted molar refractivity (Wildman–Crippen MR) is 83.4 cm³/mol. The first-order valence-electron chi connectivity index (χ1n) is 6.24. The molecule has 2 aromatic rings. The largest absolute Gasteiger partial charge is 0.331 e. The molecule has 2 aromatic carbocycles. The molecule has 0 aromatic heterocycles. The fourth-order valence-corrected chi connectivity index (χ4v) is 2.43. The van der Waals surface area contributed by atoms with Crippen molar-refractivity contribution in [1.29, 1.82) is 0 Å². The number of halogens is 3. The van der Waals surface area contributed by atoms with Gasteiger partial charge in [0.25, 0.3) is 0 Å². The average Bonchev–Trinajstić information content (AvgIpc) is 2.38. The number of carbonyl (C=O) groups excluding carboxylic acids is 1. The molecular formula is C15H13Cl2FN2O. The quantitative estimate of drug-likeness (QED) is 0.817. The molecule has 0 heterocycles. The first-order chi connectivity index (χ1) is 9.95. The van der Waals surface area contributed by atoms with Crippen molar-refractivity contribution in [1.82, 2.24) is 5.32 Å². The molecule has 0 spiro atoms. The average molecular weight is 327 g/mol. The van der Waals surface area contributed by atoms with Crippen molar-refractivity contribution >= 4 is 34.9 Å². The summed E-state index contributed by atoms with van der Waals surface area (Å²) in [6.07, 6.45) is 0. The van der Waals surface area contributed by atoms with E-state index in [4.69, 9.17) is 23.2 Å². The molecule has 110 valence electrons. The molecule has 0 aliphatic heterocycles. The van der Waals surface area contributed by atoms with Crippen LogP contribution in [0.2, 0.25) is 10.0 Å². The monoisotopic (exact) mass is 326 g/mol. The highest BCUT2D eigenvalue weighted by molar-refractivity contribution is 6.35. The SMILES string of the molecule is C[C@H](NC(=O)Nc1cccc(F)c1)c1ccc(Cl)cc1Cl. The molecule has 0 saturated heterocycles. The summed E-state index contributed by atoms with van der Waals surface area (Å²) in [7, 11) is 0. The molecule has 2 amide bonds. The van der Waals surface area contributed by atoms with Gasteiger partial charge < -0.3 is 10.6 Å². The van der Waals surface area contributed by atoms with Gasteiger partial charge in [-0.25, -0.2) is 9.18 Å². The van der Waals surface area contributed by atoms with E-state index in [1.165, 1.54) is 18.2 Å². The maximum atomic E-state index is 13.0. The summed E-state index contributed by atoms with van der Waals surface area (Å²) in [6.45, 7) is 1.79. The minimum absolute atomic E-state index is 0.316. The third-order valence-corrected chi connectivity index (χ3v) is 3.42. The second-order valence-electron chi connectivity index (χ2n) is 4.50. The minimum Gasteiger partial charge on any atom is -0.331 e. The molecule has 0 aliphatic carbocycles. The Labute approximate surface area is 132 Å². The number of nitrogens with one attached hydrogen (secondary N) is 2. The Kier molecular flexibility index (Phi) is 5.04. The number of benzene rings is 2. The van der Waals surface area contributed by atoms with Gasteiger partial charge in [0.1, 0.15) is 5.82 Å². The van der Waals surface area contributed by atoms with E-state index in [0.717, 1.165) is 5.56 Å². The first kappa shape index (κ1) is 15.6. The van der Waals surface area contributed by atoms with Crippen LogP contribution < -0.4 is 10.6 Å². The molecule has 21 heavy (non-hydrogen) atoms. The number of urea groups is 1. The van der Waals surface area contributed by atoms with E-state index in [1.807, 2.05) is 0 Å². The van der Waals surface area contributed by atoms with Crippen LogP contribution in [0.1, 0.15) is 18.5 Å². The lowest BCUT2D eigenvalue weighted by Crippen LogP contribution is -2.31. The van der Waals surface area contributed by atoms with Crippen LogP contribution in [0, 0.1) is 5.82 Å². The fourth-order valence-electron chi connectivity index (χ4n) is 1.86. The van der Waals surface area contributed by atoms with Crippen LogP contribution in [0.3, 0.4) is 0 Å². The molecule has 1 atom stereocenters. The Balaban J connectivity index is 2.02.